The van der Waals surface area contributed by atoms with Crippen molar-refractivity contribution < 1.29 is 0 Å². The van der Waals surface area contributed by atoms with Gasteiger partial charge in [-0.2, -0.15) is 0 Å². The fraction of sp³-hybridized carbons (Fsp3) is 0.909. The maximum absolute atomic E-state index is 5.64. The lowest BCUT2D eigenvalue weighted by Crippen LogP contribution is -2.36. The number of nitrogens with two attached hydrogens (primary N) is 1. The third-order valence-electron chi connectivity index (χ3n) is 3.33. The average molecular weight is 229 g/mol. The van der Waals surface area contributed by atoms with Gasteiger partial charge < -0.3 is 15.5 Å². The summed E-state index contributed by atoms with van der Waals surface area (Å²) >= 11 is 5.00. The lowest BCUT2D eigenvalue weighted by Gasteiger charge is -2.23. The zero-order valence-corrected chi connectivity index (χ0v) is 11.0. The second kappa shape index (κ2) is 5.23. The van der Waals surface area contributed by atoms with Gasteiger partial charge in [0.2, 0.25) is 0 Å². The molecule has 3 atom stereocenters. The monoisotopic (exact) mass is 229 g/mol. The molecule has 15 heavy (non-hydrogen) atoms. The van der Waals surface area contributed by atoms with Crippen LogP contribution in [0.2, 0.25) is 0 Å². The maximum Gasteiger partial charge on any atom is 0.0768 e. The number of hydrogen-bond acceptors (Lipinski definition) is 3. The summed E-state index contributed by atoms with van der Waals surface area (Å²) in [6, 6.07) is 0.670. The molecule has 1 heterocycles. The molecule has 0 spiro atoms. The number of nitrogens with zero attached hydrogens (tertiary/aromatic N) is 2. The first-order valence-corrected chi connectivity index (χ1v) is 6.00. The summed E-state index contributed by atoms with van der Waals surface area (Å²) in [6.45, 7) is 7.73. The van der Waals surface area contributed by atoms with Crippen LogP contribution in [-0.4, -0.2) is 54.6 Å². The molecular weight excluding hydrogens is 206 g/mol. The largest absolute Gasteiger partial charge is 0.393 e. The molecule has 0 saturated carbocycles. The fourth-order valence-corrected chi connectivity index (χ4v) is 2.42. The number of likely N-dealkylation sites (N-methyl/N-ethyl adjacent to an activating group) is 1. The molecule has 1 rings (SSSR count). The minimum Gasteiger partial charge on any atom is -0.393 e. The average Bonchev–Trinajstić information content (AvgIpc) is 2.46. The van der Waals surface area contributed by atoms with E-state index in [-0.39, 0.29) is 0 Å². The van der Waals surface area contributed by atoms with E-state index in [2.05, 4.69) is 37.7 Å². The van der Waals surface area contributed by atoms with Crippen molar-refractivity contribution in [2.75, 3.05) is 33.7 Å². The van der Waals surface area contributed by atoms with E-state index in [1.807, 2.05) is 0 Å². The van der Waals surface area contributed by atoms with Crippen molar-refractivity contribution in [1.29, 1.82) is 0 Å². The lowest BCUT2D eigenvalue weighted by molar-refractivity contribution is 0.249. The molecule has 1 saturated heterocycles. The zero-order valence-electron chi connectivity index (χ0n) is 10.2. The quantitative estimate of drug-likeness (QED) is 0.723. The van der Waals surface area contributed by atoms with Gasteiger partial charge in [-0.05, 0) is 20.0 Å². The number of rotatable bonds is 4. The van der Waals surface area contributed by atoms with E-state index >= 15 is 0 Å². The molecule has 3 nitrogen and oxygen atoms in total. The first kappa shape index (κ1) is 12.9. The summed E-state index contributed by atoms with van der Waals surface area (Å²) in [6.07, 6.45) is 0. The molecular formula is C11H23N3S. The van der Waals surface area contributed by atoms with Crippen molar-refractivity contribution in [3.05, 3.63) is 0 Å². The van der Waals surface area contributed by atoms with Crippen LogP contribution in [0.25, 0.3) is 0 Å². The van der Waals surface area contributed by atoms with Crippen LogP contribution in [0, 0.1) is 11.8 Å². The van der Waals surface area contributed by atoms with Crippen LogP contribution in [0.4, 0.5) is 0 Å². The Bertz CT molecular complexity index is 230. The van der Waals surface area contributed by atoms with Crippen LogP contribution in [0.1, 0.15) is 13.8 Å². The molecule has 0 aromatic heterocycles. The highest BCUT2D eigenvalue weighted by Gasteiger charge is 2.31. The SMILES string of the molecule is CC(CN1CC(C)C(N(C)C)C1)C(N)=S. The molecule has 1 aliphatic rings. The molecule has 0 bridgehead atoms. The minimum atomic E-state index is 0.327. The normalized spacial score (nSPS) is 29.7. The van der Waals surface area contributed by atoms with Crippen LogP contribution in [0.5, 0.6) is 0 Å². The number of thiocarbonyl (C=S) groups is 1. The predicted molar refractivity (Wildman–Crippen MR) is 69.0 cm³/mol. The maximum atomic E-state index is 5.64. The van der Waals surface area contributed by atoms with Gasteiger partial charge in [0.1, 0.15) is 0 Å². The molecule has 88 valence electrons. The Labute approximate surface area is 98.6 Å². The fourth-order valence-electron chi connectivity index (χ4n) is 2.35. The Morgan fingerprint density at radius 2 is 2.13 bits per heavy atom. The van der Waals surface area contributed by atoms with Crippen LogP contribution in [-0.2, 0) is 0 Å². The Kier molecular flexibility index (Phi) is 4.49. The number of hydrogen-bond donors (Lipinski definition) is 1. The van der Waals surface area contributed by atoms with Gasteiger partial charge in [-0.1, -0.05) is 26.1 Å². The summed E-state index contributed by atoms with van der Waals surface area (Å²) in [5.41, 5.74) is 5.64. The second-order valence-corrected chi connectivity index (χ2v) is 5.50. The third kappa shape index (κ3) is 3.40. The molecule has 4 heteroatoms. The highest BCUT2D eigenvalue weighted by atomic mass is 32.1. The van der Waals surface area contributed by atoms with E-state index in [1.165, 1.54) is 0 Å². The topological polar surface area (TPSA) is 32.5 Å². The van der Waals surface area contributed by atoms with Crippen molar-refractivity contribution >= 4 is 17.2 Å². The van der Waals surface area contributed by atoms with E-state index < -0.39 is 0 Å². The van der Waals surface area contributed by atoms with Crippen LogP contribution in [0.15, 0.2) is 0 Å². The predicted octanol–water partition coefficient (Wildman–Crippen LogP) is 0.790. The van der Waals surface area contributed by atoms with E-state index in [4.69, 9.17) is 18.0 Å². The van der Waals surface area contributed by atoms with Crippen molar-refractivity contribution in [1.82, 2.24) is 9.80 Å². The Morgan fingerprint density at radius 3 is 2.53 bits per heavy atom. The van der Waals surface area contributed by atoms with Crippen molar-refractivity contribution in [2.45, 2.75) is 19.9 Å². The van der Waals surface area contributed by atoms with E-state index in [0.29, 0.717) is 16.9 Å². The minimum absolute atomic E-state index is 0.327. The van der Waals surface area contributed by atoms with Gasteiger partial charge in [0, 0.05) is 31.6 Å². The molecule has 0 aromatic rings. The van der Waals surface area contributed by atoms with Gasteiger partial charge in [-0.15, -0.1) is 0 Å². The molecule has 3 unspecified atom stereocenters. The lowest BCUT2D eigenvalue weighted by atomic mass is 10.1. The highest BCUT2D eigenvalue weighted by Crippen LogP contribution is 2.20. The second-order valence-electron chi connectivity index (χ2n) is 5.03. The van der Waals surface area contributed by atoms with Gasteiger partial charge in [0.25, 0.3) is 0 Å². The van der Waals surface area contributed by atoms with Gasteiger partial charge in [-0.25, -0.2) is 0 Å². The van der Waals surface area contributed by atoms with E-state index in [0.717, 1.165) is 25.6 Å². The number of likely N-dealkylation sites (tertiary alicyclic amines) is 1. The van der Waals surface area contributed by atoms with Gasteiger partial charge in [0.05, 0.1) is 4.99 Å². The first-order chi connectivity index (χ1) is 6.91. The molecule has 1 aliphatic heterocycles. The summed E-state index contributed by atoms with van der Waals surface area (Å²) in [5.74, 6) is 1.06. The van der Waals surface area contributed by atoms with Gasteiger partial charge >= 0.3 is 0 Å². The Balaban J connectivity index is 2.45. The van der Waals surface area contributed by atoms with Crippen molar-refractivity contribution in [2.24, 2.45) is 17.6 Å². The van der Waals surface area contributed by atoms with Gasteiger partial charge in [0.15, 0.2) is 0 Å². The van der Waals surface area contributed by atoms with Crippen LogP contribution < -0.4 is 5.73 Å². The van der Waals surface area contributed by atoms with Gasteiger partial charge in [-0.3, -0.25) is 0 Å². The molecule has 0 aliphatic carbocycles. The van der Waals surface area contributed by atoms with E-state index in [9.17, 15) is 0 Å². The first-order valence-electron chi connectivity index (χ1n) is 5.60. The van der Waals surface area contributed by atoms with Crippen molar-refractivity contribution in [3.63, 3.8) is 0 Å². The molecule has 2 N–H and O–H groups in total. The molecule has 0 aromatic carbocycles. The van der Waals surface area contributed by atoms with E-state index in [1.54, 1.807) is 0 Å². The highest BCUT2D eigenvalue weighted by molar-refractivity contribution is 7.80. The van der Waals surface area contributed by atoms with Crippen molar-refractivity contribution in [3.8, 4) is 0 Å². The summed E-state index contributed by atoms with van der Waals surface area (Å²) in [4.78, 5) is 5.42. The van der Waals surface area contributed by atoms with Crippen LogP contribution in [0.3, 0.4) is 0 Å². The standard InChI is InChI=1S/C11H23N3S/c1-8-5-14(6-9(2)11(12)15)7-10(8)13(3)4/h8-10H,5-7H2,1-4H3,(H2,12,15). The summed E-state index contributed by atoms with van der Waals surface area (Å²) < 4.78 is 0. The third-order valence-corrected chi connectivity index (χ3v) is 3.73. The summed E-state index contributed by atoms with van der Waals surface area (Å²) in [5, 5.41) is 0. The Hall–Kier alpha value is -0.190. The van der Waals surface area contributed by atoms with Crippen LogP contribution >= 0.6 is 12.2 Å². The summed E-state index contributed by atoms with van der Waals surface area (Å²) in [7, 11) is 4.31. The molecule has 0 amide bonds. The smallest absolute Gasteiger partial charge is 0.0768 e. The zero-order chi connectivity index (χ0) is 11.6. The molecule has 0 radical (unpaired) electrons. The Morgan fingerprint density at radius 1 is 1.53 bits per heavy atom. The molecule has 1 fully saturated rings.